The van der Waals surface area contributed by atoms with Crippen LogP contribution >= 0.6 is 0 Å². The first-order valence-corrected chi connectivity index (χ1v) is 7.15. The van der Waals surface area contributed by atoms with Gasteiger partial charge < -0.3 is 16.0 Å². The summed E-state index contributed by atoms with van der Waals surface area (Å²) in [6.07, 6.45) is 0. The third-order valence-corrected chi connectivity index (χ3v) is 3.08. The van der Waals surface area contributed by atoms with Crippen LogP contribution in [0.1, 0.15) is 11.1 Å². The number of hydrogen-bond donors (Lipinski definition) is 3. The average Bonchev–Trinajstić information content (AvgIpc) is 2.52. The Balaban J connectivity index is 1.71. The SMILES string of the molecule is Cc1cccc(NC(=O)CNC(=O)NCc2ccc(F)cc2)c1. The molecule has 0 heterocycles. The molecule has 0 saturated carbocycles. The van der Waals surface area contributed by atoms with E-state index in [1.165, 1.54) is 12.1 Å². The van der Waals surface area contributed by atoms with E-state index in [1.807, 2.05) is 25.1 Å². The van der Waals surface area contributed by atoms with E-state index in [0.717, 1.165) is 11.1 Å². The van der Waals surface area contributed by atoms with Crippen molar-refractivity contribution >= 4 is 17.6 Å². The van der Waals surface area contributed by atoms with Gasteiger partial charge in [-0.25, -0.2) is 9.18 Å². The number of hydrogen-bond acceptors (Lipinski definition) is 2. The minimum Gasteiger partial charge on any atom is -0.334 e. The Bertz CT molecular complexity index is 686. The molecular weight excluding hydrogens is 297 g/mol. The number of aryl methyl sites for hydroxylation is 1. The van der Waals surface area contributed by atoms with E-state index in [0.29, 0.717) is 5.69 Å². The van der Waals surface area contributed by atoms with Crippen LogP contribution in [-0.4, -0.2) is 18.5 Å². The summed E-state index contributed by atoms with van der Waals surface area (Å²) in [4.78, 5) is 23.4. The van der Waals surface area contributed by atoms with E-state index in [2.05, 4.69) is 16.0 Å². The summed E-state index contributed by atoms with van der Waals surface area (Å²) in [6.45, 7) is 2.05. The van der Waals surface area contributed by atoms with Gasteiger partial charge in [0.2, 0.25) is 5.91 Å². The lowest BCUT2D eigenvalue weighted by atomic mass is 10.2. The van der Waals surface area contributed by atoms with E-state index >= 15 is 0 Å². The van der Waals surface area contributed by atoms with Crippen molar-refractivity contribution in [3.05, 3.63) is 65.5 Å². The second kappa shape index (κ2) is 7.93. The summed E-state index contributed by atoms with van der Waals surface area (Å²) in [5, 5.41) is 7.75. The van der Waals surface area contributed by atoms with Crippen LogP contribution in [-0.2, 0) is 11.3 Å². The average molecular weight is 315 g/mol. The number of anilines is 1. The number of carbonyl (C=O) groups is 2. The molecule has 0 radical (unpaired) electrons. The second-order valence-corrected chi connectivity index (χ2v) is 5.08. The summed E-state index contributed by atoms with van der Waals surface area (Å²) in [5.41, 5.74) is 2.49. The van der Waals surface area contributed by atoms with Crippen LogP contribution in [0.5, 0.6) is 0 Å². The van der Waals surface area contributed by atoms with Crippen molar-refractivity contribution in [3.8, 4) is 0 Å². The van der Waals surface area contributed by atoms with Crippen molar-refractivity contribution in [2.24, 2.45) is 0 Å². The highest BCUT2D eigenvalue weighted by molar-refractivity contribution is 5.94. The predicted octanol–water partition coefficient (Wildman–Crippen LogP) is 2.57. The Labute approximate surface area is 133 Å². The van der Waals surface area contributed by atoms with Crippen LogP contribution in [0.4, 0.5) is 14.9 Å². The lowest BCUT2D eigenvalue weighted by molar-refractivity contribution is -0.115. The first kappa shape index (κ1) is 16.5. The Morgan fingerprint density at radius 3 is 2.48 bits per heavy atom. The molecule has 0 atom stereocenters. The lowest BCUT2D eigenvalue weighted by Crippen LogP contribution is -2.39. The number of rotatable bonds is 5. The molecule has 0 aliphatic rings. The Kier molecular flexibility index (Phi) is 5.68. The van der Waals surface area contributed by atoms with Crippen LogP contribution in [0.25, 0.3) is 0 Å². The van der Waals surface area contributed by atoms with Gasteiger partial charge in [-0.3, -0.25) is 4.79 Å². The molecule has 120 valence electrons. The number of benzene rings is 2. The van der Waals surface area contributed by atoms with Crippen LogP contribution in [0.2, 0.25) is 0 Å². The molecule has 0 bridgehead atoms. The molecule has 3 amide bonds. The molecule has 0 saturated heterocycles. The molecule has 5 nitrogen and oxygen atoms in total. The summed E-state index contributed by atoms with van der Waals surface area (Å²) >= 11 is 0. The van der Waals surface area contributed by atoms with Gasteiger partial charge in [0.05, 0.1) is 6.54 Å². The van der Waals surface area contributed by atoms with E-state index in [4.69, 9.17) is 0 Å². The minimum absolute atomic E-state index is 0.136. The van der Waals surface area contributed by atoms with Crippen molar-refractivity contribution in [3.63, 3.8) is 0 Å². The quantitative estimate of drug-likeness (QED) is 0.793. The molecule has 0 aromatic heterocycles. The Morgan fingerprint density at radius 1 is 1.04 bits per heavy atom. The summed E-state index contributed by atoms with van der Waals surface area (Å²) in [6, 6.07) is 12.7. The molecule has 0 unspecified atom stereocenters. The van der Waals surface area contributed by atoms with Gasteiger partial charge in [0.25, 0.3) is 0 Å². The van der Waals surface area contributed by atoms with Crippen LogP contribution < -0.4 is 16.0 Å². The maximum atomic E-state index is 12.8. The third-order valence-electron chi connectivity index (χ3n) is 3.08. The maximum absolute atomic E-state index is 12.8. The summed E-state index contributed by atoms with van der Waals surface area (Å²) in [5.74, 6) is -0.640. The monoisotopic (exact) mass is 315 g/mol. The Hall–Kier alpha value is -2.89. The van der Waals surface area contributed by atoms with E-state index in [-0.39, 0.29) is 24.8 Å². The van der Waals surface area contributed by atoms with E-state index < -0.39 is 6.03 Å². The lowest BCUT2D eigenvalue weighted by Gasteiger charge is -2.09. The standard InChI is InChI=1S/C17H18FN3O2/c1-12-3-2-4-15(9-12)21-16(22)11-20-17(23)19-10-13-5-7-14(18)8-6-13/h2-9H,10-11H2,1H3,(H,21,22)(H2,19,20,23). The zero-order valence-corrected chi connectivity index (χ0v) is 12.7. The summed E-state index contributed by atoms with van der Waals surface area (Å²) < 4.78 is 12.8. The smallest absolute Gasteiger partial charge is 0.315 e. The van der Waals surface area contributed by atoms with Gasteiger partial charge in [0.1, 0.15) is 5.82 Å². The van der Waals surface area contributed by atoms with Crippen molar-refractivity contribution in [1.82, 2.24) is 10.6 Å². The van der Waals surface area contributed by atoms with Crippen molar-refractivity contribution in [2.45, 2.75) is 13.5 Å². The largest absolute Gasteiger partial charge is 0.334 e. The molecule has 2 aromatic rings. The number of urea groups is 1. The predicted molar refractivity (Wildman–Crippen MR) is 86.4 cm³/mol. The second-order valence-electron chi connectivity index (χ2n) is 5.08. The number of nitrogens with one attached hydrogen (secondary N) is 3. The zero-order chi connectivity index (χ0) is 16.7. The third kappa shape index (κ3) is 5.78. The number of carbonyl (C=O) groups excluding carboxylic acids is 2. The topological polar surface area (TPSA) is 70.2 Å². The minimum atomic E-state index is -0.464. The first-order chi connectivity index (χ1) is 11.0. The highest BCUT2D eigenvalue weighted by atomic mass is 19.1. The first-order valence-electron chi connectivity index (χ1n) is 7.15. The molecule has 6 heteroatoms. The highest BCUT2D eigenvalue weighted by Crippen LogP contribution is 2.08. The van der Waals surface area contributed by atoms with E-state index in [9.17, 15) is 14.0 Å². The Morgan fingerprint density at radius 2 is 1.78 bits per heavy atom. The fraction of sp³-hybridized carbons (Fsp3) is 0.176. The van der Waals surface area contributed by atoms with Crippen LogP contribution in [0.3, 0.4) is 0 Å². The molecule has 0 fully saturated rings. The normalized spacial score (nSPS) is 10.0. The van der Waals surface area contributed by atoms with Gasteiger partial charge >= 0.3 is 6.03 Å². The van der Waals surface area contributed by atoms with Crippen molar-refractivity contribution in [2.75, 3.05) is 11.9 Å². The molecule has 0 spiro atoms. The molecule has 23 heavy (non-hydrogen) atoms. The highest BCUT2D eigenvalue weighted by Gasteiger charge is 2.06. The van der Waals surface area contributed by atoms with Crippen LogP contribution in [0, 0.1) is 12.7 Å². The molecule has 2 rings (SSSR count). The summed E-state index contributed by atoms with van der Waals surface area (Å²) in [7, 11) is 0. The van der Waals surface area contributed by atoms with Crippen molar-refractivity contribution in [1.29, 1.82) is 0 Å². The van der Waals surface area contributed by atoms with Gasteiger partial charge in [-0.2, -0.15) is 0 Å². The van der Waals surface area contributed by atoms with Gasteiger partial charge in [-0.05, 0) is 42.3 Å². The van der Waals surface area contributed by atoms with Gasteiger partial charge in [-0.1, -0.05) is 24.3 Å². The molecule has 0 aliphatic heterocycles. The van der Waals surface area contributed by atoms with Crippen molar-refractivity contribution < 1.29 is 14.0 Å². The van der Waals surface area contributed by atoms with Gasteiger partial charge in [0, 0.05) is 12.2 Å². The molecule has 2 aromatic carbocycles. The van der Waals surface area contributed by atoms with Crippen LogP contribution in [0.15, 0.2) is 48.5 Å². The molecule has 3 N–H and O–H groups in total. The molecular formula is C17H18FN3O2. The molecule has 0 aliphatic carbocycles. The zero-order valence-electron chi connectivity index (χ0n) is 12.7. The maximum Gasteiger partial charge on any atom is 0.315 e. The number of amides is 3. The van der Waals surface area contributed by atoms with E-state index in [1.54, 1.807) is 18.2 Å². The fourth-order valence-corrected chi connectivity index (χ4v) is 1.94. The van der Waals surface area contributed by atoms with Gasteiger partial charge in [-0.15, -0.1) is 0 Å². The fourth-order valence-electron chi connectivity index (χ4n) is 1.94. The number of halogens is 1. The van der Waals surface area contributed by atoms with Gasteiger partial charge in [0.15, 0.2) is 0 Å².